The molecule has 0 saturated carbocycles. The molecule has 0 fully saturated rings. The number of anilines is 1. The zero-order chi connectivity index (χ0) is 13.4. The summed E-state index contributed by atoms with van der Waals surface area (Å²) in [6.07, 6.45) is 2.70. The number of fused-ring (bicyclic) bond motifs is 1. The van der Waals surface area contributed by atoms with Gasteiger partial charge in [-0.2, -0.15) is 0 Å². The molecule has 0 radical (unpaired) electrons. The summed E-state index contributed by atoms with van der Waals surface area (Å²) in [4.78, 5) is 17.6. The van der Waals surface area contributed by atoms with Gasteiger partial charge in [0.2, 0.25) is 0 Å². The molecule has 5 nitrogen and oxygen atoms in total. The lowest BCUT2D eigenvalue weighted by Gasteiger charge is -2.15. The number of furan rings is 1. The highest BCUT2D eigenvalue weighted by Crippen LogP contribution is 2.29. The van der Waals surface area contributed by atoms with Gasteiger partial charge in [0.05, 0.1) is 5.69 Å². The predicted octanol–water partition coefficient (Wildman–Crippen LogP) is 2.11. The number of amides is 1. The van der Waals surface area contributed by atoms with E-state index in [0.29, 0.717) is 10.9 Å². The van der Waals surface area contributed by atoms with Crippen LogP contribution in [0, 0.1) is 6.92 Å². The number of aryl methyl sites for hydroxylation is 2. The fourth-order valence-corrected chi connectivity index (χ4v) is 3.27. The molecule has 1 aliphatic carbocycles. The van der Waals surface area contributed by atoms with Gasteiger partial charge in [-0.25, -0.2) is 4.98 Å². The van der Waals surface area contributed by atoms with Gasteiger partial charge in [-0.1, -0.05) is 0 Å². The van der Waals surface area contributed by atoms with Crippen molar-refractivity contribution in [3.8, 4) is 0 Å². The van der Waals surface area contributed by atoms with E-state index >= 15 is 0 Å². The molecule has 2 heterocycles. The second kappa shape index (κ2) is 4.79. The van der Waals surface area contributed by atoms with Gasteiger partial charge in [-0.3, -0.25) is 10.1 Å². The molecule has 0 bridgehead atoms. The lowest BCUT2D eigenvalue weighted by atomic mass is 9.99. The second-order valence-corrected chi connectivity index (χ2v) is 5.84. The number of carbonyl (C=O) groups is 1. The molecular formula is C13H15N3O2S. The highest BCUT2D eigenvalue weighted by Gasteiger charge is 2.21. The van der Waals surface area contributed by atoms with Crippen LogP contribution in [0.15, 0.2) is 16.5 Å². The molecule has 1 aliphatic rings. The molecule has 6 heteroatoms. The molecule has 3 rings (SSSR count). The van der Waals surface area contributed by atoms with Crippen molar-refractivity contribution in [3.05, 3.63) is 34.2 Å². The normalized spacial score (nSPS) is 18.1. The highest BCUT2D eigenvalue weighted by atomic mass is 32.1. The maximum Gasteiger partial charge on any atom is 0.293 e. The Kier molecular flexibility index (Phi) is 3.12. The SMILES string of the molecule is Cc1ccc(C(=O)Nc2nc3c(s2)C[C@@H](N)CC3)o1. The largest absolute Gasteiger partial charge is 0.456 e. The van der Waals surface area contributed by atoms with E-state index in [0.717, 1.165) is 30.7 Å². The molecular weight excluding hydrogens is 262 g/mol. The maximum atomic E-state index is 11.9. The molecule has 1 atom stereocenters. The molecule has 0 aromatic carbocycles. The number of nitrogens with one attached hydrogen (secondary N) is 1. The van der Waals surface area contributed by atoms with Crippen molar-refractivity contribution in [2.45, 2.75) is 32.2 Å². The van der Waals surface area contributed by atoms with Crippen molar-refractivity contribution in [3.63, 3.8) is 0 Å². The van der Waals surface area contributed by atoms with Crippen LogP contribution in [0.3, 0.4) is 0 Å². The zero-order valence-electron chi connectivity index (χ0n) is 10.6. The van der Waals surface area contributed by atoms with Crippen LogP contribution in [0.4, 0.5) is 5.13 Å². The molecule has 100 valence electrons. The van der Waals surface area contributed by atoms with Gasteiger partial charge in [0, 0.05) is 10.9 Å². The van der Waals surface area contributed by atoms with Gasteiger partial charge in [0.15, 0.2) is 10.9 Å². The van der Waals surface area contributed by atoms with Crippen LogP contribution in [0.25, 0.3) is 0 Å². The van der Waals surface area contributed by atoms with Crippen LogP contribution in [0.1, 0.15) is 33.3 Å². The minimum Gasteiger partial charge on any atom is -0.456 e. The summed E-state index contributed by atoms with van der Waals surface area (Å²) in [5.74, 6) is 0.764. The zero-order valence-corrected chi connectivity index (χ0v) is 11.4. The van der Waals surface area contributed by atoms with E-state index in [1.807, 2.05) is 0 Å². The third kappa shape index (κ3) is 2.54. The fraction of sp³-hybridized carbons (Fsp3) is 0.385. The minimum absolute atomic E-state index is 0.212. The van der Waals surface area contributed by atoms with E-state index in [-0.39, 0.29) is 11.9 Å². The Morgan fingerprint density at radius 3 is 3.16 bits per heavy atom. The van der Waals surface area contributed by atoms with Crippen LogP contribution >= 0.6 is 11.3 Å². The summed E-state index contributed by atoms with van der Waals surface area (Å²) in [6.45, 7) is 1.81. The van der Waals surface area contributed by atoms with Crippen molar-refractivity contribution in [1.29, 1.82) is 0 Å². The first-order chi connectivity index (χ1) is 9.11. The van der Waals surface area contributed by atoms with Crippen LogP contribution in [0.5, 0.6) is 0 Å². The van der Waals surface area contributed by atoms with E-state index in [1.165, 1.54) is 16.2 Å². The Bertz CT molecular complexity index is 617. The first kappa shape index (κ1) is 12.4. The average Bonchev–Trinajstić information content (AvgIpc) is 2.94. The smallest absolute Gasteiger partial charge is 0.293 e. The predicted molar refractivity (Wildman–Crippen MR) is 73.5 cm³/mol. The van der Waals surface area contributed by atoms with Crippen LogP contribution in [-0.4, -0.2) is 16.9 Å². The summed E-state index contributed by atoms with van der Waals surface area (Å²) < 4.78 is 5.28. The van der Waals surface area contributed by atoms with E-state index in [2.05, 4.69) is 10.3 Å². The molecule has 0 aliphatic heterocycles. The quantitative estimate of drug-likeness (QED) is 0.881. The molecule has 0 unspecified atom stereocenters. The van der Waals surface area contributed by atoms with Gasteiger partial charge in [0.25, 0.3) is 5.91 Å². The Balaban J connectivity index is 1.75. The Morgan fingerprint density at radius 2 is 2.42 bits per heavy atom. The van der Waals surface area contributed by atoms with Crippen molar-refractivity contribution >= 4 is 22.4 Å². The van der Waals surface area contributed by atoms with Gasteiger partial charge < -0.3 is 10.2 Å². The number of nitrogens with zero attached hydrogens (tertiary/aromatic N) is 1. The van der Waals surface area contributed by atoms with Gasteiger partial charge in [-0.15, -0.1) is 11.3 Å². The summed E-state index contributed by atoms with van der Waals surface area (Å²) in [5, 5.41) is 3.40. The number of nitrogens with two attached hydrogens (primary N) is 1. The first-order valence-corrected chi connectivity index (χ1v) is 7.05. The topological polar surface area (TPSA) is 81.2 Å². The van der Waals surface area contributed by atoms with Crippen LogP contribution in [0.2, 0.25) is 0 Å². The van der Waals surface area contributed by atoms with E-state index in [9.17, 15) is 4.79 Å². The molecule has 2 aromatic heterocycles. The third-order valence-corrected chi connectivity index (χ3v) is 4.20. The molecule has 1 amide bonds. The number of aromatic nitrogens is 1. The highest BCUT2D eigenvalue weighted by molar-refractivity contribution is 7.15. The number of thiazole rings is 1. The summed E-state index contributed by atoms with van der Waals surface area (Å²) in [6, 6.07) is 3.64. The third-order valence-electron chi connectivity index (χ3n) is 3.16. The lowest BCUT2D eigenvalue weighted by Crippen LogP contribution is -2.27. The number of hydrogen-bond acceptors (Lipinski definition) is 5. The second-order valence-electron chi connectivity index (χ2n) is 4.76. The summed E-state index contributed by atoms with van der Waals surface area (Å²) >= 11 is 1.50. The summed E-state index contributed by atoms with van der Waals surface area (Å²) in [5.41, 5.74) is 7.00. The van der Waals surface area contributed by atoms with Crippen LogP contribution < -0.4 is 11.1 Å². The molecule has 19 heavy (non-hydrogen) atoms. The van der Waals surface area contributed by atoms with Gasteiger partial charge in [-0.05, 0) is 38.3 Å². The number of hydrogen-bond donors (Lipinski definition) is 2. The van der Waals surface area contributed by atoms with Gasteiger partial charge in [0.1, 0.15) is 5.76 Å². The number of carbonyl (C=O) groups excluding carboxylic acids is 1. The van der Waals surface area contributed by atoms with Crippen molar-refractivity contribution in [2.24, 2.45) is 5.73 Å². The molecule has 2 aromatic rings. The monoisotopic (exact) mass is 277 g/mol. The molecule has 0 saturated heterocycles. The Morgan fingerprint density at radius 1 is 1.58 bits per heavy atom. The minimum atomic E-state index is -0.261. The van der Waals surface area contributed by atoms with Crippen LogP contribution in [-0.2, 0) is 12.8 Å². The Labute approximate surface area is 114 Å². The lowest BCUT2D eigenvalue weighted by molar-refractivity contribution is 0.0995. The summed E-state index contributed by atoms with van der Waals surface area (Å²) in [7, 11) is 0. The van der Waals surface area contributed by atoms with Crippen molar-refractivity contribution < 1.29 is 9.21 Å². The van der Waals surface area contributed by atoms with E-state index < -0.39 is 0 Å². The van der Waals surface area contributed by atoms with E-state index in [4.69, 9.17) is 10.2 Å². The average molecular weight is 277 g/mol. The standard InChI is InChI=1S/C13H15N3O2S/c1-7-2-5-10(18-7)12(17)16-13-15-9-4-3-8(14)6-11(9)19-13/h2,5,8H,3-4,6,14H2,1H3,(H,15,16,17)/t8-/m0/s1. The molecule has 3 N–H and O–H groups in total. The Hall–Kier alpha value is -1.66. The van der Waals surface area contributed by atoms with E-state index in [1.54, 1.807) is 19.1 Å². The molecule has 0 spiro atoms. The van der Waals surface area contributed by atoms with Crippen molar-refractivity contribution in [2.75, 3.05) is 5.32 Å². The van der Waals surface area contributed by atoms with Gasteiger partial charge >= 0.3 is 0 Å². The number of rotatable bonds is 2. The maximum absolute atomic E-state index is 11.9. The fourth-order valence-electron chi connectivity index (χ4n) is 2.17. The van der Waals surface area contributed by atoms with Crippen molar-refractivity contribution in [1.82, 2.24) is 4.98 Å². The first-order valence-electron chi connectivity index (χ1n) is 6.24.